The van der Waals surface area contributed by atoms with Gasteiger partial charge in [-0.15, -0.1) is 0 Å². The van der Waals surface area contributed by atoms with E-state index in [4.69, 9.17) is 10.5 Å². The Labute approximate surface area is 155 Å². The normalized spacial score (nSPS) is 11.1. The van der Waals surface area contributed by atoms with E-state index in [-0.39, 0.29) is 17.7 Å². The van der Waals surface area contributed by atoms with E-state index in [1.807, 2.05) is 0 Å². The lowest BCUT2D eigenvalue weighted by atomic mass is 10.1. The van der Waals surface area contributed by atoms with Crippen LogP contribution in [0.1, 0.15) is 22.8 Å². The van der Waals surface area contributed by atoms with E-state index in [0.29, 0.717) is 12.1 Å². The summed E-state index contributed by atoms with van der Waals surface area (Å²) in [5.41, 5.74) is 3.28. The van der Waals surface area contributed by atoms with Gasteiger partial charge in [0.2, 0.25) is 5.43 Å². The molecule has 1 aromatic carbocycles. The molecule has 2 heterocycles. The number of hydrogen-bond donors (Lipinski definition) is 1. The van der Waals surface area contributed by atoms with Crippen LogP contribution in [0.15, 0.2) is 23.1 Å². The van der Waals surface area contributed by atoms with Gasteiger partial charge in [0.15, 0.2) is 34.9 Å². The van der Waals surface area contributed by atoms with Crippen molar-refractivity contribution in [2.75, 3.05) is 12.3 Å². The van der Waals surface area contributed by atoms with Gasteiger partial charge in [0.1, 0.15) is 5.56 Å². The van der Waals surface area contributed by atoms with Crippen LogP contribution < -0.4 is 11.2 Å². The molecule has 2 N–H and O–H groups in total. The first-order valence-corrected chi connectivity index (χ1v) is 8.00. The fourth-order valence-electron chi connectivity index (χ4n) is 2.79. The van der Waals surface area contributed by atoms with Crippen molar-refractivity contribution in [1.82, 2.24) is 9.55 Å². The predicted octanol–water partition coefficient (Wildman–Crippen LogP) is 3.01. The number of ether oxygens (including phenoxy) is 1. The van der Waals surface area contributed by atoms with Crippen molar-refractivity contribution in [2.45, 2.75) is 13.8 Å². The zero-order valence-electron chi connectivity index (χ0n) is 14.6. The molecule has 0 radical (unpaired) electrons. The summed E-state index contributed by atoms with van der Waals surface area (Å²) in [6.45, 7) is 2.59. The van der Waals surface area contributed by atoms with Crippen LogP contribution in [0.3, 0.4) is 0 Å². The number of halogens is 4. The van der Waals surface area contributed by atoms with Gasteiger partial charge < -0.3 is 10.5 Å². The minimum Gasteiger partial charge on any atom is -0.462 e. The topological polar surface area (TPSA) is 87.2 Å². The Kier molecular flexibility index (Phi) is 4.80. The molecular weight excluding hydrogens is 382 g/mol. The van der Waals surface area contributed by atoms with Gasteiger partial charge in [0.25, 0.3) is 0 Å². The van der Waals surface area contributed by atoms with E-state index >= 15 is 0 Å². The third-order valence-corrected chi connectivity index (χ3v) is 4.07. The summed E-state index contributed by atoms with van der Waals surface area (Å²) in [5, 5.41) is -0.411. The van der Waals surface area contributed by atoms with Crippen LogP contribution in [0.2, 0.25) is 0 Å². The number of aryl methyl sites for hydroxylation is 1. The lowest BCUT2D eigenvalue weighted by molar-refractivity contribution is 0.0524. The molecular formula is C18H13F4N3O3. The number of carbonyl (C=O) groups excluding carboxylic acids is 1. The van der Waals surface area contributed by atoms with Crippen LogP contribution in [0.5, 0.6) is 0 Å². The van der Waals surface area contributed by atoms with Gasteiger partial charge in [-0.2, -0.15) is 0 Å². The quantitative estimate of drug-likeness (QED) is 0.544. The molecule has 2 aromatic heterocycles. The highest BCUT2D eigenvalue weighted by atomic mass is 19.2. The number of nitrogen functional groups attached to an aromatic ring is 1. The number of hydrogen-bond acceptors (Lipinski definition) is 5. The molecule has 0 saturated heterocycles. The number of carbonyl (C=O) groups is 1. The summed E-state index contributed by atoms with van der Waals surface area (Å²) >= 11 is 0. The third kappa shape index (κ3) is 2.96. The first kappa shape index (κ1) is 19.3. The van der Waals surface area contributed by atoms with Gasteiger partial charge >= 0.3 is 5.97 Å². The third-order valence-electron chi connectivity index (χ3n) is 4.07. The van der Waals surface area contributed by atoms with Crippen molar-refractivity contribution in [1.29, 1.82) is 0 Å². The molecule has 0 spiro atoms. The molecule has 0 atom stereocenters. The second kappa shape index (κ2) is 6.95. The first-order chi connectivity index (χ1) is 13.2. The lowest BCUT2D eigenvalue weighted by Crippen LogP contribution is -2.22. The van der Waals surface area contributed by atoms with Gasteiger partial charge in [-0.3, -0.25) is 9.36 Å². The highest BCUT2D eigenvalue weighted by molar-refractivity contribution is 5.95. The van der Waals surface area contributed by atoms with Gasteiger partial charge in [-0.25, -0.2) is 27.3 Å². The summed E-state index contributed by atoms with van der Waals surface area (Å²) in [6, 6.07) is 1.03. The molecule has 0 fully saturated rings. The summed E-state index contributed by atoms with van der Waals surface area (Å²) in [4.78, 5) is 28.4. The maximum absolute atomic E-state index is 14.4. The molecule has 28 heavy (non-hydrogen) atoms. The van der Waals surface area contributed by atoms with Gasteiger partial charge in [0.05, 0.1) is 17.5 Å². The number of nitrogens with two attached hydrogens (primary N) is 1. The van der Waals surface area contributed by atoms with Crippen LogP contribution in [0, 0.1) is 30.2 Å². The number of fused-ring (bicyclic) bond motifs is 1. The van der Waals surface area contributed by atoms with Gasteiger partial charge in [-0.1, -0.05) is 0 Å². The molecule has 3 rings (SSSR count). The molecule has 10 heteroatoms. The standard InChI is InChI=1S/C18H13F4N3O3/c1-3-28-18(27)9-6-25(17-12(21)5-11(20)16(23)24-17)14-7(2)13(22)10(19)4-8(14)15(9)26/h4-6H,3H2,1-2H3,(H2,23,24). The molecule has 0 aliphatic rings. The molecule has 0 unspecified atom stereocenters. The number of aromatic nitrogens is 2. The molecule has 0 amide bonds. The maximum Gasteiger partial charge on any atom is 0.343 e. The molecule has 0 aliphatic carbocycles. The summed E-state index contributed by atoms with van der Waals surface area (Å²) < 4.78 is 61.5. The van der Waals surface area contributed by atoms with Gasteiger partial charge in [0, 0.05) is 17.8 Å². The van der Waals surface area contributed by atoms with Gasteiger partial charge in [-0.05, 0) is 19.9 Å². The molecule has 0 aliphatic heterocycles. The molecule has 146 valence electrons. The molecule has 3 aromatic rings. The van der Waals surface area contributed by atoms with E-state index in [9.17, 15) is 27.2 Å². The fourth-order valence-corrected chi connectivity index (χ4v) is 2.79. The number of nitrogens with zero attached hydrogens (tertiary/aromatic N) is 2. The van der Waals surface area contributed by atoms with E-state index in [1.165, 1.54) is 6.92 Å². The lowest BCUT2D eigenvalue weighted by Gasteiger charge is -2.16. The number of esters is 1. The number of anilines is 1. The predicted molar refractivity (Wildman–Crippen MR) is 92.3 cm³/mol. The Morgan fingerprint density at radius 2 is 1.86 bits per heavy atom. The number of pyridine rings is 2. The molecule has 6 nitrogen and oxygen atoms in total. The average molecular weight is 395 g/mol. The Morgan fingerprint density at radius 3 is 2.50 bits per heavy atom. The largest absolute Gasteiger partial charge is 0.462 e. The van der Waals surface area contributed by atoms with Crippen LogP contribution in [-0.4, -0.2) is 22.1 Å². The number of rotatable bonds is 3. The van der Waals surface area contributed by atoms with Crippen LogP contribution in [0.4, 0.5) is 23.4 Å². The van der Waals surface area contributed by atoms with Crippen molar-refractivity contribution < 1.29 is 27.1 Å². The molecule has 0 saturated carbocycles. The van der Waals surface area contributed by atoms with Crippen molar-refractivity contribution >= 4 is 22.7 Å². The Morgan fingerprint density at radius 1 is 1.18 bits per heavy atom. The average Bonchev–Trinajstić information content (AvgIpc) is 2.64. The summed E-state index contributed by atoms with van der Waals surface area (Å²) in [7, 11) is 0. The highest BCUT2D eigenvalue weighted by Gasteiger charge is 2.23. The SMILES string of the molecule is CCOC(=O)c1cn(-c2nc(N)c(F)cc2F)c2c(C)c(F)c(F)cc2c1=O. The summed E-state index contributed by atoms with van der Waals surface area (Å²) in [5.74, 6) is -7.27. The van der Waals surface area contributed by atoms with Crippen molar-refractivity contribution in [3.8, 4) is 5.82 Å². The minimum absolute atomic E-state index is 0.0662. The molecule has 0 bridgehead atoms. The van der Waals surface area contributed by atoms with Crippen LogP contribution in [0.25, 0.3) is 16.7 Å². The maximum atomic E-state index is 14.4. The second-order valence-corrected chi connectivity index (χ2v) is 5.82. The fraction of sp³-hybridized carbons (Fsp3) is 0.167. The first-order valence-electron chi connectivity index (χ1n) is 8.00. The second-order valence-electron chi connectivity index (χ2n) is 5.82. The van der Waals surface area contributed by atoms with Crippen molar-refractivity contribution in [3.63, 3.8) is 0 Å². The Balaban J connectivity index is 2.52. The summed E-state index contributed by atoms with van der Waals surface area (Å²) in [6.07, 6.45) is 0.871. The van der Waals surface area contributed by atoms with Crippen molar-refractivity contribution in [3.05, 3.63) is 62.9 Å². The van der Waals surface area contributed by atoms with E-state index < -0.39 is 57.3 Å². The smallest absolute Gasteiger partial charge is 0.343 e. The van der Waals surface area contributed by atoms with E-state index in [1.54, 1.807) is 0 Å². The van der Waals surface area contributed by atoms with Crippen molar-refractivity contribution in [2.24, 2.45) is 0 Å². The van der Waals surface area contributed by atoms with Crippen LogP contribution >= 0.6 is 0 Å². The zero-order chi connectivity index (χ0) is 20.7. The van der Waals surface area contributed by atoms with E-state index in [0.717, 1.165) is 17.7 Å². The van der Waals surface area contributed by atoms with E-state index in [2.05, 4.69) is 4.98 Å². The minimum atomic E-state index is -1.33. The number of benzene rings is 1. The Bertz CT molecular complexity index is 1190. The zero-order valence-corrected chi connectivity index (χ0v) is 14.6. The highest BCUT2D eigenvalue weighted by Crippen LogP contribution is 2.26. The Hall–Kier alpha value is -3.43. The monoisotopic (exact) mass is 395 g/mol. The van der Waals surface area contributed by atoms with Crippen LogP contribution in [-0.2, 0) is 4.74 Å².